The second-order valence-corrected chi connectivity index (χ2v) is 5.73. The molecule has 2 heterocycles. The van der Waals surface area contributed by atoms with Crippen LogP contribution in [0.15, 0.2) is 18.5 Å². The van der Waals surface area contributed by atoms with Crippen molar-refractivity contribution in [3.05, 3.63) is 29.0 Å². The number of nitrogens with zero attached hydrogens (tertiary/aromatic N) is 3. The molecular weight excluding hydrogens is 330 g/mol. The molecule has 0 aromatic carbocycles. The summed E-state index contributed by atoms with van der Waals surface area (Å²) in [4.78, 5) is 20.6. The van der Waals surface area contributed by atoms with Crippen LogP contribution in [-0.4, -0.2) is 58.7 Å². The van der Waals surface area contributed by atoms with E-state index in [1.54, 1.807) is 12.3 Å². The predicted molar refractivity (Wildman–Crippen MR) is 80.0 cm³/mol. The highest BCUT2D eigenvalue weighted by atomic mass is 79.9. The van der Waals surface area contributed by atoms with Crippen LogP contribution in [0.3, 0.4) is 0 Å². The Kier molecular flexibility index (Phi) is 5.60. The maximum atomic E-state index is 12.4. The SMILES string of the molecule is O=C(c1ccncc1Cl)N1CCCN(CCBr)CC1. The lowest BCUT2D eigenvalue weighted by molar-refractivity contribution is 0.0762. The van der Waals surface area contributed by atoms with Crippen molar-refractivity contribution in [3.8, 4) is 0 Å². The van der Waals surface area contributed by atoms with Crippen molar-refractivity contribution in [1.82, 2.24) is 14.8 Å². The lowest BCUT2D eigenvalue weighted by atomic mass is 10.2. The van der Waals surface area contributed by atoms with Crippen LogP contribution in [0.1, 0.15) is 16.8 Å². The molecule has 104 valence electrons. The van der Waals surface area contributed by atoms with Gasteiger partial charge in [-0.2, -0.15) is 0 Å². The molecule has 19 heavy (non-hydrogen) atoms. The molecule has 1 amide bonds. The molecule has 0 atom stereocenters. The molecule has 0 bridgehead atoms. The monoisotopic (exact) mass is 345 g/mol. The van der Waals surface area contributed by atoms with E-state index in [4.69, 9.17) is 11.6 Å². The number of carbonyl (C=O) groups is 1. The number of carbonyl (C=O) groups excluding carboxylic acids is 1. The Hall–Kier alpha value is -0.650. The number of aromatic nitrogens is 1. The largest absolute Gasteiger partial charge is 0.337 e. The molecule has 0 radical (unpaired) electrons. The van der Waals surface area contributed by atoms with Gasteiger partial charge in [0, 0.05) is 43.9 Å². The average Bonchev–Trinajstić information content (AvgIpc) is 2.65. The van der Waals surface area contributed by atoms with Gasteiger partial charge in [0.2, 0.25) is 0 Å². The summed E-state index contributed by atoms with van der Waals surface area (Å²) < 4.78 is 0. The van der Waals surface area contributed by atoms with Crippen molar-refractivity contribution in [2.45, 2.75) is 6.42 Å². The van der Waals surface area contributed by atoms with Gasteiger partial charge in [0.15, 0.2) is 0 Å². The highest BCUT2D eigenvalue weighted by Crippen LogP contribution is 2.17. The van der Waals surface area contributed by atoms with Crippen molar-refractivity contribution in [2.24, 2.45) is 0 Å². The summed E-state index contributed by atoms with van der Waals surface area (Å²) in [5, 5.41) is 1.39. The summed E-state index contributed by atoms with van der Waals surface area (Å²) in [6.07, 6.45) is 4.12. The van der Waals surface area contributed by atoms with E-state index in [0.717, 1.165) is 44.5 Å². The molecule has 1 aliphatic heterocycles. The van der Waals surface area contributed by atoms with E-state index in [9.17, 15) is 4.79 Å². The third-order valence-electron chi connectivity index (χ3n) is 3.28. The molecule has 1 aromatic heterocycles. The van der Waals surface area contributed by atoms with Gasteiger partial charge in [-0.25, -0.2) is 0 Å². The first-order valence-corrected chi connectivity index (χ1v) is 7.89. The molecule has 4 nitrogen and oxygen atoms in total. The van der Waals surface area contributed by atoms with Gasteiger partial charge in [-0.05, 0) is 19.0 Å². The first-order valence-electron chi connectivity index (χ1n) is 6.39. The third kappa shape index (κ3) is 3.91. The Morgan fingerprint density at radius 3 is 2.95 bits per heavy atom. The van der Waals surface area contributed by atoms with Gasteiger partial charge < -0.3 is 9.80 Å². The number of hydrogen-bond acceptors (Lipinski definition) is 3. The van der Waals surface area contributed by atoms with Crippen LogP contribution in [0.25, 0.3) is 0 Å². The van der Waals surface area contributed by atoms with Crippen molar-refractivity contribution in [3.63, 3.8) is 0 Å². The zero-order valence-corrected chi connectivity index (χ0v) is 13.0. The highest BCUT2D eigenvalue weighted by Gasteiger charge is 2.21. The normalized spacial score (nSPS) is 17.3. The maximum Gasteiger partial charge on any atom is 0.255 e. The molecule has 1 aliphatic rings. The van der Waals surface area contributed by atoms with E-state index in [1.807, 2.05) is 4.90 Å². The number of hydrogen-bond donors (Lipinski definition) is 0. The number of rotatable bonds is 3. The van der Waals surface area contributed by atoms with Crippen LogP contribution in [0.2, 0.25) is 5.02 Å². The maximum absolute atomic E-state index is 12.4. The summed E-state index contributed by atoms with van der Waals surface area (Å²) in [7, 11) is 0. The molecule has 0 spiro atoms. The summed E-state index contributed by atoms with van der Waals surface area (Å²) in [6, 6.07) is 1.69. The summed E-state index contributed by atoms with van der Waals surface area (Å²) in [5.41, 5.74) is 0.547. The van der Waals surface area contributed by atoms with Gasteiger partial charge in [-0.1, -0.05) is 27.5 Å². The van der Waals surface area contributed by atoms with Crippen LogP contribution in [0.5, 0.6) is 0 Å². The molecule has 6 heteroatoms. The highest BCUT2D eigenvalue weighted by molar-refractivity contribution is 9.09. The average molecular weight is 347 g/mol. The van der Waals surface area contributed by atoms with E-state index in [0.29, 0.717) is 10.6 Å². The van der Waals surface area contributed by atoms with E-state index >= 15 is 0 Å². The van der Waals surface area contributed by atoms with Crippen LogP contribution in [0, 0.1) is 0 Å². The second-order valence-electron chi connectivity index (χ2n) is 4.53. The molecule has 1 fully saturated rings. The van der Waals surface area contributed by atoms with Gasteiger partial charge in [-0.15, -0.1) is 0 Å². The molecule has 0 N–H and O–H groups in total. The molecule has 1 aromatic rings. The molecule has 2 rings (SSSR count). The van der Waals surface area contributed by atoms with E-state index < -0.39 is 0 Å². The van der Waals surface area contributed by atoms with Crippen LogP contribution >= 0.6 is 27.5 Å². The molecule has 0 aliphatic carbocycles. The lowest BCUT2D eigenvalue weighted by Crippen LogP contribution is -2.35. The topological polar surface area (TPSA) is 36.4 Å². The van der Waals surface area contributed by atoms with Crippen molar-refractivity contribution in [1.29, 1.82) is 0 Å². The van der Waals surface area contributed by atoms with E-state index in [-0.39, 0.29) is 5.91 Å². The number of pyridine rings is 1. The van der Waals surface area contributed by atoms with Gasteiger partial charge in [-0.3, -0.25) is 9.78 Å². The first kappa shape index (κ1) is 14.8. The zero-order chi connectivity index (χ0) is 13.7. The Balaban J connectivity index is 2.02. The fourth-order valence-corrected chi connectivity index (χ4v) is 2.94. The van der Waals surface area contributed by atoms with Gasteiger partial charge in [0.1, 0.15) is 0 Å². The Morgan fingerprint density at radius 1 is 1.37 bits per heavy atom. The standard InChI is InChI=1S/C13H17BrClN3O/c14-3-7-17-5-1-6-18(9-8-17)13(19)11-2-4-16-10-12(11)15/h2,4,10H,1,3,5-9H2. The minimum Gasteiger partial charge on any atom is -0.337 e. The van der Waals surface area contributed by atoms with Crippen molar-refractivity contribution < 1.29 is 4.79 Å². The molecular formula is C13H17BrClN3O. The van der Waals surface area contributed by atoms with E-state index in [2.05, 4.69) is 25.8 Å². The number of alkyl halides is 1. The minimum absolute atomic E-state index is 0.00749. The van der Waals surface area contributed by atoms with Crippen molar-refractivity contribution in [2.75, 3.05) is 38.1 Å². The lowest BCUT2D eigenvalue weighted by Gasteiger charge is -2.21. The van der Waals surface area contributed by atoms with Crippen LogP contribution < -0.4 is 0 Å². The Morgan fingerprint density at radius 2 is 2.21 bits per heavy atom. The fourth-order valence-electron chi connectivity index (χ4n) is 2.24. The Bertz CT molecular complexity index is 444. The first-order chi connectivity index (χ1) is 9.22. The smallest absolute Gasteiger partial charge is 0.255 e. The molecule has 0 saturated carbocycles. The van der Waals surface area contributed by atoms with E-state index in [1.165, 1.54) is 6.20 Å². The van der Waals surface area contributed by atoms with Crippen LogP contribution in [0.4, 0.5) is 0 Å². The minimum atomic E-state index is 0.00749. The molecule has 1 saturated heterocycles. The third-order valence-corrected chi connectivity index (χ3v) is 3.94. The molecule has 0 unspecified atom stereocenters. The summed E-state index contributed by atoms with van der Waals surface area (Å²) in [6.45, 7) is 4.53. The number of amides is 1. The summed E-state index contributed by atoms with van der Waals surface area (Å²) in [5.74, 6) is 0.00749. The van der Waals surface area contributed by atoms with Gasteiger partial charge >= 0.3 is 0 Å². The van der Waals surface area contributed by atoms with Gasteiger partial charge in [0.05, 0.1) is 10.6 Å². The van der Waals surface area contributed by atoms with Gasteiger partial charge in [0.25, 0.3) is 5.91 Å². The van der Waals surface area contributed by atoms with Crippen LogP contribution in [-0.2, 0) is 0 Å². The Labute approximate surface area is 126 Å². The van der Waals surface area contributed by atoms with Crippen molar-refractivity contribution >= 4 is 33.4 Å². The predicted octanol–water partition coefficient (Wildman–Crippen LogP) is 2.28. The fraction of sp³-hybridized carbons (Fsp3) is 0.538. The quantitative estimate of drug-likeness (QED) is 0.788. The summed E-state index contributed by atoms with van der Waals surface area (Å²) >= 11 is 9.49. The number of halogens is 2. The zero-order valence-electron chi connectivity index (χ0n) is 10.7. The second kappa shape index (κ2) is 7.22.